The lowest BCUT2D eigenvalue weighted by atomic mass is 10.0. The monoisotopic (exact) mass is 331 g/mol. The average molecular weight is 331 g/mol. The lowest BCUT2D eigenvalue weighted by Gasteiger charge is -2.35. The first-order valence-electron chi connectivity index (χ1n) is 7.70. The van der Waals surface area contributed by atoms with Crippen LogP contribution in [0.25, 0.3) is 0 Å². The fourth-order valence-corrected chi connectivity index (χ4v) is 2.35. The van der Waals surface area contributed by atoms with Gasteiger partial charge in [0.2, 0.25) is 5.91 Å². The predicted molar refractivity (Wildman–Crippen MR) is 88.1 cm³/mol. The third-order valence-corrected chi connectivity index (χ3v) is 3.76. The summed E-state index contributed by atoms with van der Waals surface area (Å²) in [7, 11) is 1.60. The number of anilines is 2. The van der Waals surface area contributed by atoms with Gasteiger partial charge in [-0.2, -0.15) is 5.26 Å². The number of likely N-dealkylation sites (N-methyl/N-ethyl adjacent to an activating group) is 1. The number of aromatic nitrogens is 1. The van der Waals surface area contributed by atoms with E-state index in [1.807, 2.05) is 19.9 Å². The number of carbonyl (C=O) groups excluding carboxylic acids is 2. The van der Waals surface area contributed by atoms with E-state index in [-0.39, 0.29) is 42.3 Å². The van der Waals surface area contributed by atoms with E-state index >= 15 is 0 Å². The smallest absolute Gasteiger partial charge is 0.270 e. The summed E-state index contributed by atoms with van der Waals surface area (Å²) < 4.78 is 5.72. The van der Waals surface area contributed by atoms with Crippen LogP contribution in [0.5, 0.6) is 5.75 Å². The number of ether oxygens (including phenoxy) is 1. The van der Waals surface area contributed by atoms with Crippen molar-refractivity contribution in [3.8, 4) is 11.8 Å². The Balaban J connectivity index is 2.29. The van der Waals surface area contributed by atoms with E-state index < -0.39 is 6.10 Å². The number of rotatable bonds is 5. The molecule has 8 nitrogen and oxygen atoms in total. The van der Waals surface area contributed by atoms with E-state index in [0.717, 1.165) is 0 Å². The maximum absolute atomic E-state index is 12.7. The Kier molecular flexibility index (Phi) is 5.24. The van der Waals surface area contributed by atoms with Gasteiger partial charge >= 0.3 is 0 Å². The number of carbonyl (C=O) groups is 2. The van der Waals surface area contributed by atoms with Crippen molar-refractivity contribution in [1.82, 2.24) is 9.88 Å². The second-order valence-corrected chi connectivity index (χ2v) is 5.99. The van der Waals surface area contributed by atoms with Crippen LogP contribution in [0.2, 0.25) is 0 Å². The Bertz CT molecular complexity index is 683. The van der Waals surface area contributed by atoms with Gasteiger partial charge in [0.05, 0.1) is 12.5 Å². The largest absolute Gasteiger partial charge is 0.476 e. The molecular formula is C16H21N5O3. The molecule has 2 heterocycles. The number of amides is 2. The molecule has 1 aliphatic heterocycles. The zero-order chi connectivity index (χ0) is 17.9. The molecule has 0 fully saturated rings. The Morgan fingerprint density at radius 3 is 2.88 bits per heavy atom. The molecule has 0 saturated carbocycles. The number of nitrogens with two attached hydrogens (primary N) is 1. The average Bonchev–Trinajstić information content (AvgIpc) is 2.54. The van der Waals surface area contributed by atoms with E-state index in [1.165, 1.54) is 9.80 Å². The van der Waals surface area contributed by atoms with E-state index in [9.17, 15) is 9.59 Å². The summed E-state index contributed by atoms with van der Waals surface area (Å²) in [6.45, 7) is 3.88. The van der Waals surface area contributed by atoms with Crippen molar-refractivity contribution < 1.29 is 14.3 Å². The van der Waals surface area contributed by atoms with Gasteiger partial charge in [-0.15, -0.1) is 0 Å². The van der Waals surface area contributed by atoms with Crippen LogP contribution in [0.3, 0.4) is 0 Å². The summed E-state index contributed by atoms with van der Waals surface area (Å²) in [6, 6.07) is 5.23. The van der Waals surface area contributed by atoms with Gasteiger partial charge in [-0.1, -0.05) is 13.8 Å². The van der Waals surface area contributed by atoms with E-state index in [0.29, 0.717) is 12.3 Å². The molecule has 1 unspecified atom stereocenters. The number of pyridine rings is 1. The van der Waals surface area contributed by atoms with Crippen molar-refractivity contribution in [1.29, 1.82) is 5.26 Å². The van der Waals surface area contributed by atoms with Gasteiger partial charge in [0.1, 0.15) is 12.4 Å². The molecule has 1 aromatic rings. The maximum Gasteiger partial charge on any atom is 0.270 e. The first-order chi connectivity index (χ1) is 11.3. The molecule has 2 amide bonds. The number of hydrogen-bond acceptors (Lipinski definition) is 6. The van der Waals surface area contributed by atoms with Gasteiger partial charge in [-0.25, -0.2) is 4.98 Å². The molecule has 1 atom stereocenters. The molecule has 24 heavy (non-hydrogen) atoms. The van der Waals surface area contributed by atoms with E-state index in [1.54, 1.807) is 19.2 Å². The van der Waals surface area contributed by atoms with Crippen LogP contribution < -0.4 is 15.4 Å². The minimum absolute atomic E-state index is 0.0582. The summed E-state index contributed by atoms with van der Waals surface area (Å²) in [5, 5.41) is 8.62. The van der Waals surface area contributed by atoms with E-state index in [2.05, 4.69) is 4.98 Å². The highest BCUT2D eigenvalue weighted by Crippen LogP contribution is 2.34. The number of fused-ring (bicyclic) bond motifs is 1. The third kappa shape index (κ3) is 3.56. The minimum atomic E-state index is -0.680. The van der Waals surface area contributed by atoms with Crippen molar-refractivity contribution in [2.75, 3.05) is 30.8 Å². The van der Waals surface area contributed by atoms with Crippen LogP contribution >= 0.6 is 0 Å². The molecule has 0 saturated heterocycles. The Hall–Kier alpha value is -2.82. The molecule has 2 rings (SSSR count). The van der Waals surface area contributed by atoms with Crippen LogP contribution in [-0.4, -0.2) is 47.9 Å². The zero-order valence-corrected chi connectivity index (χ0v) is 14.0. The standard InChI is InChI=1S/C16H21N5O3/c1-10(2)14-16(23)21(9-13(22)20(3)8-4-7-17)15-11(24-14)5-6-12(18)19-15/h5-6,10,14H,4,8-9H2,1-3H3,(H2,18,19). The highest BCUT2D eigenvalue weighted by molar-refractivity contribution is 6.03. The SMILES string of the molecule is CC(C)C1Oc2ccc(N)nc2N(CC(=O)N(C)CCC#N)C1=O. The first-order valence-corrected chi connectivity index (χ1v) is 7.70. The fraction of sp³-hybridized carbons (Fsp3) is 0.500. The molecule has 0 aromatic carbocycles. The summed E-state index contributed by atoms with van der Waals surface area (Å²) in [5.41, 5.74) is 5.70. The molecule has 8 heteroatoms. The number of hydrogen-bond donors (Lipinski definition) is 1. The van der Waals surface area contributed by atoms with Crippen LogP contribution in [0, 0.1) is 17.2 Å². The Morgan fingerprint density at radius 2 is 2.25 bits per heavy atom. The molecule has 1 aliphatic rings. The fourth-order valence-electron chi connectivity index (χ4n) is 2.35. The molecule has 0 aliphatic carbocycles. The molecule has 128 valence electrons. The second kappa shape index (κ2) is 7.17. The zero-order valence-electron chi connectivity index (χ0n) is 14.0. The summed E-state index contributed by atoms with van der Waals surface area (Å²) in [4.78, 5) is 31.9. The number of nitrogens with zero attached hydrogens (tertiary/aromatic N) is 4. The van der Waals surface area contributed by atoms with Gasteiger partial charge in [-0.05, 0) is 18.1 Å². The summed E-state index contributed by atoms with van der Waals surface area (Å²) in [6.07, 6.45) is -0.449. The highest BCUT2D eigenvalue weighted by Gasteiger charge is 2.38. The number of nitrogen functional groups attached to an aromatic ring is 1. The van der Waals surface area contributed by atoms with Gasteiger partial charge in [-0.3, -0.25) is 14.5 Å². The normalized spacial score (nSPS) is 16.4. The lowest BCUT2D eigenvalue weighted by Crippen LogP contribution is -2.52. The van der Waals surface area contributed by atoms with Crippen LogP contribution in [0.1, 0.15) is 20.3 Å². The molecule has 0 bridgehead atoms. The van der Waals surface area contributed by atoms with Crippen molar-refractivity contribution in [2.45, 2.75) is 26.4 Å². The molecule has 1 aromatic heterocycles. The van der Waals surface area contributed by atoms with Gasteiger partial charge in [0.15, 0.2) is 17.7 Å². The van der Waals surface area contributed by atoms with Gasteiger partial charge in [0, 0.05) is 13.6 Å². The lowest BCUT2D eigenvalue weighted by molar-refractivity contribution is -0.133. The van der Waals surface area contributed by atoms with Gasteiger partial charge in [0.25, 0.3) is 5.91 Å². The molecule has 0 radical (unpaired) electrons. The maximum atomic E-state index is 12.7. The van der Waals surface area contributed by atoms with Crippen LogP contribution in [-0.2, 0) is 9.59 Å². The highest BCUT2D eigenvalue weighted by atomic mass is 16.5. The van der Waals surface area contributed by atoms with Crippen LogP contribution in [0.4, 0.5) is 11.6 Å². The molecular weight excluding hydrogens is 310 g/mol. The Labute approximate surface area is 140 Å². The Morgan fingerprint density at radius 1 is 1.54 bits per heavy atom. The second-order valence-electron chi connectivity index (χ2n) is 5.99. The minimum Gasteiger partial charge on any atom is -0.476 e. The quantitative estimate of drug-likeness (QED) is 0.853. The predicted octanol–water partition coefficient (Wildman–Crippen LogP) is 0.786. The van der Waals surface area contributed by atoms with Gasteiger partial charge < -0.3 is 15.4 Å². The first kappa shape index (κ1) is 17.5. The number of nitriles is 1. The summed E-state index contributed by atoms with van der Waals surface area (Å²) in [5.74, 6) is 0.255. The molecule has 2 N–H and O–H groups in total. The molecule has 0 spiro atoms. The van der Waals surface area contributed by atoms with Crippen molar-refractivity contribution in [2.24, 2.45) is 5.92 Å². The van der Waals surface area contributed by atoms with Crippen molar-refractivity contribution >= 4 is 23.5 Å². The topological polar surface area (TPSA) is 113 Å². The summed E-state index contributed by atoms with van der Waals surface area (Å²) >= 11 is 0. The van der Waals surface area contributed by atoms with Crippen molar-refractivity contribution in [3.63, 3.8) is 0 Å². The van der Waals surface area contributed by atoms with Crippen LogP contribution in [0.15, 0.2) is 12.1 Å². The van der Waals surface area contributed by atoms with E-state index in [4.69, 9.17) is 15.7 Å². The van der Waals surface area contributed by atoms with Crippen molar-refractivity contribution in [3.05, 3.63) is 12.1 Å². The third-order valence-electron chi connectivity index (χ3n) is 3.76.